The summed E-state index contributed by atoms with van der Waals surface area (Å²) in [6.45, 7) is 4.21. The van der Waals surface area contributed by atoms with Gasteiger partial charge in [0, 0.05) is 19.1 Å². The molecule has 14 heavy (non-hydrogen) atoms. The van der Waals surface area contributed by atoms with E-state index in [2.05, 4.69) is 0 Å². The van der Waals surface area contributed by atoms with E-state index in [0.29, 0.717) is 12.4 Å². The second kappa shape index (κ2) is 4.46. The molecule has 0 heterocycles. The van der Waals surface area contributed by atoms with Gasteiger partial charge in [0.05, 0.1) is 6.61 Å². The average Bonchev–Trinajstić information content (AvgIpc) is 2.10. The van der Waals surface area contributed by atoms with Crippen molar-refractivity contribution in [2.45, 2.75) is 26.1 Å². The molecule has 1 rings (SSSR count). The van der Waals surface area contributed by atoms with Gasteiger partial charge in [-0.3, -0.25) is 0 Å². The molecule has 0 aromatic heterocycles. The predicted molar refractivity (Wildman–Crippen MR) is 50.5 cm³/mol. The van der Waals surface area contributed by atoms with Crippen molar-refractivity contribution in [2.24, 2.45) is 0 Å². The topological polar surface area (TPSA) is 38.7 Å². The smallest absolute Gasteiger partial charge is 0.236 e. The summed E-state index contributed by atoms with van der Waals surface area (Å²) in [4.78, 5) is 0. The van der Waals surface area contributed by atoms with Crippen LogP contribution in [0.25, 0.3) is 0 Å². The van der Waals surface area contributed by atoms with Crippen LogP contribution in [0, 0.1) is 0 Å². The number of alkyl halides is 1. The molecule has 1 aliphatic carbocycles. The van der Waals surface area contributed by atoms with Crippen LogP contribution in [0.5, 0.6) is 0 Å². The van der Waals surface area contributed by atoms with Gasteiger partial charge in [-0.1, -0.05) is 0 Å². The van der Waals surface area contributed by atoms with Crippen molar-refractivity contribution in [3.8, 4) is 0 Å². The van der Waals surface area contributed by atoms with Crippen LogP contribution in [-0.4, -0.2) is 24.2 Å². The van der Waals surface area contributed by atoms with Gasteiger partial charge in [-0.25, -0.2) is 4.39 Å². The van der Waals surface area contributed by atoms with E-state index in [-0.39, 0.29) is 18.8 Å². The maximum absolute atomic E-state index is 13.7. The number of ether oxygens (including phenoxy) is 2. The fraction of sp³-hybridized carbons (Fsp3) is 0.600. The monoisotopic (exact) mass is 202 g/mol. The molecule has 4 heteroatoms. The van der Waals surface area contributed by atoms with E-state index in [1.165, 1.54) is 6.08 Å². The third-order valence-electron chi connectivity index (χ3n) is 1.85. The summed E-state index contributed by atoms with van der Waals surface area (Å²) in [5, 5.41) is 9.41. The minimum absolute atomic E-state index is 0.0697. The molecule has 3 nitrogen and oxygen atoms in total. The molecule has 1 unspecified atom stereocenters. The summed E-state index contributed by atoms with van der Waals surface area (Å²) in [5.41, 5.74) is 0. The molecular weight excluding hydrogens is 187 g/mol. The second-order valence-corrected chi connectivity index (χ2v) is 2.95. The lowest BCUT2D eigenvalue weighted by atomic mass is 10.1. The van der Waals surface area contributed by atoms with E-state index >= 15 is 0 Å². The summed E-state index contributed by atoms with van der Waals surface area (Å²) < 4.78 is 23.6. The zero-order valence-electron chi connectivity index (χ0n) is 8.42. The molecule has 1 atom stereocenters. The molecule has 80 valence electrons. The number of rotatable bonds is 4. The molecule has 0 radical (unpaired) electrons. The highest BCUT2D eigenvalue weighted by atomic mass is 19.2. The van der Waals surface area contributed by atoms with E-state index in [0.717, 1.165) is 6.08 Å². The van der Waals surface area contributed by atoms with Gasteiger partial charge in [0.15, 0.2) is 11.5 Å². The zero-order valence-corrected chi connectivity index (χ0v) is 8.42. The number of aliphatic hydroxyl groups excluding tert-OH is 1. The highest BCUT2D eigenvalue weighted by Gasteiger charge is 2.31. The molecule has 0 fully saturated rings. The van der Waals surface area contributed by atoms with Gasteiger partial charge in [-0.15, -0.1) is 0 Å². The van der Waals surface area contributed by atoms with Crippen LogP contribution in [-0.2, 0) is 9.47 Å². The van der Waals surface area contributed by atoms with Crippen molar-refractivity contribution in [3.63, 3.8) is 0 Å². The number of hydrogen-bond donors (Lipinski definition) is 1. The molecule has 1 aliphatic rings. The molecule has 0 amide bonds. The van der Waals surface area contributed by atoms with Gasteiger partial charge in [-0.05, 0) is 19.9 Å². The van der Waals surface area contributed by atoms with Crippen molar-refractivity contribution in [2.75, 3.05) is 13.2 Å². The Morgan fingerprint density at radius 3 is 2.71 bits per heavy atom. The Labute approximate surface area is 82.8 Å². The first-order valence-corrected chi connectivity index (χ1v) is 4.69. The fourth-order valence-electron chi connectivity index (χ4n) is 1.30. The Morgan fingerprint density at radius 1 is 1.50 bits per heavy atom. The molecule has 0 bridgehead atoms. The maximum Gasteiger partial charge on any atom is 0.236 e. The highest BCUT2D eigenvalue weighted by molar-refractivity contribution is 5.27. The van der Waals surface area contributed by atoms with Crippen LogP contribution >= 0.6 is 0 Å². The Kier molecular flexibility index (Phi) is 3.52. The third kappa shape index (κ3) is 2.48. The van der Waals surface area contributed by atoms with Gasteiger partial charge in [0.25, 0.3) is 0 Å². The van der Waals surface area contributed by atoms with Crippen molar-refractivity contribution in [1.29, 1.82) is 0 Å². The lowest BCUT2D eigenvalue weighted by Crippen LogP contribution is -2.27. The quantitative estimate of drug-likeness (QED) is 0.761. The van der Waals surface area contributed by atoms with E-state index in [1.807, 2.05) is 0 Å². The summed E-state index contributed by atoms with van der Waals surface area (Å²) in [5.74, 6) is -1.77. The van der Waals surface area contributed by atoms with Crippen molar-refractivity contribution >= 4 is 0 Å². The highest BCUT2D eigenvalue weighted by Crippen LogP contribution is 2.29. The molecule has 1 N–H and O–H groups in total. The predicted octanol–water partition coefficient (Wildman–Crippen LogP) is 2.45. The third-order valence-corrected chi connectivity index (χ3v) is 1.85. The van der Waals surface area contributed by atoms with Gasteiger partial charge in [0.1, 0.15) is 0 Å². The first-order valence-electron chi connectivity index (χ1n) is 4.69. The first kappa shape index (κ1) is 11.0. The summed E-state index contributed by atoms with van der Waals surface area (Å²) in [6.07, 6.45) is 2.61. The Morgan fingerprint density at radius 2 is 2.21 bits per heavy atom. The summed E-state index contributed by atoms with van der Waals surface area (Å²) in [7, 11) is 0. The fourth-order valence-corrected chi connectivity index (χ4v) is 1.30. The summed E-state index contributed by atoms with van der Waals surface area (Å²) >= 11 is 0. The molecule has 0 aromatic rings. The molecule has 0 saturated carbocycles. The van der Waals surface area contributed by atoms with Crippen molar-refractivity contribution in [1.82, 2.24) is 0 Å². The van der Waals surface area contributed by atoms with E-state index in [9.17, 15) is 9.50 Å². The Bertz CT molecular complexity index is 260. The van der Waals surface area contributed by atoms with E-state index in [1.54, 1.807) is 13.8 Å². The van der Waals surface area contributed by atoms with E-state index in [4.69, 9.17) is 9.47 Å². The minimum Gasteiger partial charge on any atom is -0.504 e. The van der Waals surface area contributed by atoms with Gasteiger partial charge < -0.3 is 14.6 Å². The molecule has 0 saturated heterocycles. The molecule has 0 aliphatic heterocycles. The SMILES string of the molecule is CCOC1=CCC(F)(OCC)C=C1O. The lowest BCUT2D eigenvalue weighted by molar-refractivity contribution is -0.103. The molecule has 0 aromatic carbocycles. The second-order valence-electron chi connectivity index (χ2n) is 2.95. The first-order chi connectivity index (χ1) is 6.61. The van der Waals surface area contributed by atoms with Crippen LogP contribution in [0.2, 0.25) is 0 Å². The van der Waals surface area contributed by atoms with Gasteiger partial charge in [-0.2, -0.15) is 0 Å². The van der Waals surface area contributed by atoms with Gasteiger partial charge >= 0.3 is 0 Å². The average molecular weight is 202 g/mol. The minimum atomic E-state index is -1.89. The number of halogens is 1. The number of hydrogen-bond acceptors (Lipinski definition) is 3. The van der Waals surface area contributed by atoms with Crippen molar-refractivity contribution in [3.05, 3.63) is 23.7 Å². The van der Waals surface area contributed by atoms with Crippen LogP contribution in [0.15, 0.2) is 23.7 Å². The van der Waals surface area contributed by atoms with Gasteiger partial charge in [0.2, 0.25) is 5.85 Å². The van der Waals surface area contributed by atoms with Crippen LogP contribution < -0.4 is 0 Å². The van der Waals surface area contributed by atoms with E-state index < -0.39 is 5.85 Å². The van der Waals surface area contributed by atoms with Crippen LogP contribution in [0.4, 0.5) is 4.39 Å². The molecule has 0 spiro atoms. The van der Waals surface area contributed by atoms with Crippen LogP contribution in [0.1, 0.15) is 20.3 Å². The lowest BCUT2D eigenvalue weighted by Gasteiger charge is -2.24. The standard InChI is InChI=1S/C10H15FO3/c1-3-13-9-5-6-10(11,14-4-2)7-8(9)12/h5,7,12H,3-4,6H2,1-2H3. The zero-order chi connectivity index (χ0) is 10.6. The normalized spacial score (nSPS) is 26.8. The maximum atomic E-state index is 13.7. The van der Waals surface area contributed by atoms with Crippen LogP contribution in [0.3, 0.4) is 0 Å². The largest absolute Gasteiger partial charge is 0.504 e. The molecular formula is C10H15FO3. The number of aliphatic hydroxyl groups is 1. The van der Waals surface area contributed by atoms with Crippen molar-refractivity contribution < 1.29 is 19.0 Å². The Balaban J connectivity index is 2.70. The Hall–Kier alpha value is -1.03. The summed E-state index contributed by atoms with van der Waals surface area (Å²) in [6, 6.07) is 0.